The van der Waals surface area contributed by atoms with Crippen LogP contribution in [0.1, 0.15) is 12.8 Å². The summed E-state index contributed by atoms with van der Waals surface area (Å²) in [6.45, 7) is 1.09. The topological polar surface area (TPSA) is 87.4 Å². The highest BCUT2D eigenvalue weighted by molar-refractivity contribution is 5.65. The molecular weight excluding hydrogens is 225 g/mol. The van der Waals surface area contributed by atoms with Gasteiger partial charge < -0.3 is 21.5 Å². The number of amides is 1. The van der Waals surface area contributed by atoms with Crippen LogP contribution in [-0.2, 0) is 0 Å². The molecule has 0 aliphatic heterocycles. The van der Waals surface area contributed by atoms with Crippen LogP contribution in [0.25, 0.3) is 0 Å². The molecule has 0 saturated carbocycles. The number of unbranched alkanes of at least 4 members (excludes halogenated alkanes) is 1. The Morgan fingerprint density at radius 3 is 2.71 bits per heavy atom. The molecule has 1 aromatic rings. The average molecular weight is 241 g/mol. The fourth-order valence-corrected chi connectivity index (χ4v) is 1.36. The van der Waals surface area contributed by atoms with Crippen molar-refractivity contribution in [2.45, 2.75) is 12.8 Å². The van der Waals surface area contributed by atoms with E-state index in [0.717, 1.165) is 12.8 Å². The number of nitrogens with two attached hydrogens (primary N) is 1. The van der Waals surface area contributed by atoms with Crippen LogP contribution in [0.15, 0.2) is 18.2 Å². The Morgan fingerprint density at radius 1 is 1.35 bits per heavy atom. The van der Waals surface area contributed by atoms with Crippen molar-refractivity contribution in [3.05, 3.63) is 24.0 Å². The fraction of sp³-hybridized carbons (Fsp3) is 0.364. The molecule has 5 nitrogen and oxygen atoms in total. The first-order chi connectivity index (χ1) is 8.09. The molecule has 1 amide bonds. The molecule has 6 heteroatoms. The minimum atomic E-state index is -1.01. The number of hydrogen-bond donors (Lipinski definition) is 4. The number of halogens is 1. The number of rotatable bonds is 6. The first kappa shape index (κ1) is 13.1. The second-order valence-corrected chi connectivity index (χ2v) is 3.60. The number of hydrogen-bond acceptors (Lipinski definition) is 3. The lowest BCUT2D eigenvalue weighted by molar-refractivity contribution is 0.194. The summed E-state index contributed by atoms with van der Waals surface area (Å²) in [6.07, 6.45) is 0.526. The van der Waals surface area contributed by atoms with Gasteiger partial charge in [-0.15, -0.1) is 0 Å². The molecule has 0 atom stereocenters. The van der Waals surface area contributed by atoms with Gasteiger partial charge in [-0.3, -0.25) is 0 Å². The van der Waals surface area contributed by atoms with Crippen LogP contribution in [0.4, 0.5) is 20.6 Å². The summed E-state index contributed by atoms with van der Waals surface area (Å²) in [6, 6.07) is 4.18. The molecule has 0 heterocycles. The molecule has 0 aromatic heterocycles. The highest BCUT2D eigenvalue weighted by Gasteiger charge is 1.99. The van der Waals surface area contributed by atoms with Crippen LogP contribution in [0.5, 0.6) is 0 Å². The van der Waals surface area contributed by atoms with Gasteiger partial charge in [0.1, 0.15) is 5.82 Å². The second-order valence-electron chi connectivity index (χ2n) is 3.60. The summed E-state index contributed by atoms with van der Waals surface area (Å²) in [7, 11) is 0. The molecule has 0 aliphatic carbocycles. The van der Waals surface area contributed by atoms with Crippen molar-refractivity contribution in [1.82, 2.24) is 5.32 Å². The van der Waals surface area contributed by atoms with Crippen LogP contribution >= 0.6 is 0 Å². The van der Waals surface area contributed by atoms with Gasteiger partial charge in [-0.1, -0.05) is 0 Å². The van der Waals surface area contributed by atoms with Crippen LogP contribution < -0.4 is 16.4 Å². The number of anilines is 2. The molecule has 0 bridgehead atoms. The van der Waals surface area contributed by atoms with Gasteiger partial charge in [0.2, 0.25) is 0 Å². The van der Waals surface area contributed by atoms with E-state index in [9.17, 15) is 9.18 Å². The minimum Gasteiger partial charge on any atom is -0.465 e. The monoisotopic (exact) mass is 241 g/mol. The van der Waals surface area contributed by atoms with Crippen molar-refractivity contribution in [2.24, 2.45) is 0 Å². The third-order valence-corrected chi connectivity index (χ3v) is 2.21. The normalized spacial score (nSPS) is 9.94. The van der Waals surface area contributed by atoms with E-state index >= 15 is 0 Å². The lowest BCUT2D eigenvalue weighted by Gasteiger charge is -2.09. The van der Waals surface area contributed by atoms with Gasteiger partial charge in [0, 0.05) is 13.1 Å². The Balaban J connectivity index is 2.20. The molecule has 0 radical (unpaired) electrons. The van der Waals surface area contributed by atoms with Gasteiger partial charge in [-0.05, 0) is 31.0 Å². The van der Waals surface area contributed by atoms with Crippen molar-refractivity contribution in [1.29, 1.82) is 0 Å². The smallest absolute Gasteiger partial charge is 0.404 e. The highest BCUT2D eigenvalue weighted by Crippen LogP contribution is 2.18. The zero-order chi connectivity index (χ0) is 12.7. The van der Waals surface area contributed by atoms with Crippen molar-refractivity contribution in [2.75, 3.05) is 24.1 Å². The molecule has 94 valence electrons. The average Bonchev–Trinajstić information content (AvgIpc) is 2.25. The first-order valence-electron chi connectivity index (χ1n) is 5.35. The maximum Gasteiger partial charge on any atom is 0.404 e. The molecule has 0 unspecified atom stereocenters. The SMILES string of the molecule is Nc1cc(F)ccc1NCCCCNC(=O)O. The molecule has 0 saturated heterocycles. The summed E-state index contributed by atoms with van der Waals surface area (Å²) < 4.78 is 12.7. The van der Waals surface area contributed by atoms with Crippen LogP contribution in [-0.4, -0.2) is 24.3 Å². The Bertz CT molecular complexity index is 385. The van der Waals surface area contributed by atoms with Crippen molar-refractivity contribution < 1.29 is 14.3 Å². The van der Waals surface area contributed by atoms with E-state index in [2.05, 4.69) is 10.6 Å². The van der Waals surface area contributed by atoms with E-state index in [-0.39, 0.29) is 5.82 Å². The summed E-state index contributed by atoms with van der Waals surface area (Å²) in [5, 5.41) is 13.7. The lowest BCUT2D eigenvalue weighted by atomic mass is 10.2. The van der Waals surface area contributed by atoms with Gasteiger partial charge in [0.05, 0.1) is 11.4 Å². The van der Waals surface area contributed by atoms with Gasteiger partial charge in [-0.25, -0.2) is 9.18 Å². The summed E-state index contributed by atoms with van der Waals surface area (Å²) >= 11 is 0. The molecular formula is C11H16FN3O2. The van der Waals surface area contributed by atoms with Crippen LogP contribution in [0.3, 0.4) is 0 Å². The molecule has 5 N–H and O–H groups in total. The number of nitrogen functional groups attached to an aromatic ring is 1. The summed E-state index contributed by atoms with van der Waals surface area (Å²) in [5.41, 5.74) is 6.67. The van der Waals surface area contributed by atoms with E-state index in [1.54, 1.807) is 6.07 Å². The standard InChI is InChI=1S/C11H16FN3O2/c12-8-3-4-10(9(13)7-8)14-5-1-2-6-15-11(16)17/h3-4,7,14-15H,1-2,5-6,13H2,(H,16,17). The van der Waals surface area contributed by atoms with Crippen molar-refractivity contribution in [3.8, 4) is 0 Å². The lowest BCUT2D eigenvalue weighted by Crippen LogP contribution is -2.22. The van der Waals surface area contributed by atoms with Crippen LogP contribution in [0.2, 0.25) is 0 Å². The minimum absolute atomic E-state index is 0.362. The molecule has 1 aromatic carbocycles. The number of nitrogens with one attached hydrogen (secondary N) is 2. The van der Waals surface area contributed by atoms with Gasteiger partial charge in [0.25, 0.3) is 0 Å². The Kier molecular flexibility index (Phi) is 5.06. The summed E-state index contributed by atoms with van der Waals surface area (Å²) in [5.74, 6) is -0.362. The predicted octanol–water partition coefficient (Wildman–Crippen LogP) is 1.87. The number of carboxylic acid groups (broad SMARTS) is 1. The van der Waals surface area contributed by atoms with Gasteiger partial charge in [0.15, 0.2) is 0 Å². The van der Waals surface area contributed by atoms with E-state index < -0.39 is 6.09 Å². The molecule has 0 spiro atoms. The largest absolute Gasteiger partial charge is 0.465 e. The molecule has 0 fully saturated rings. The van der Waals surface area contributed by atoms with E-state index in [0.29, 0.717) is 24.5 Å². The maximum atomic E-state index is 12.7. The Morgan fingerprint density at radius 2 is 2.06 bits per heavy atom. The maximum absolute atomic E-state index is 12.7. The Labute approximate surface area is 98.8 Å². The predicted molar refractivity (Wildman–Crippen MR) is 64.6 cm³/mol. The summed E-state index contributed by atoms with van der Waals surface area (Å²) in [4.78, 5) is 10.2. The second kappa shape index (κ2) is 6.57. The number of benzene rings is 1. The zero-order valence-electron chi connectivity index (χ0n) is 9.37. The fourth-order valence-electron chi connectivity index (χ4n) is 1.36. The van der Waals surface area contributed by atoms with E-state index in [4.69, 9.17) is 10.8 Å². The molecule has 17 heavy (non-hydrogen) atoms. The molecule has 0 aliphatic rings. The van der Waals surface area contributed by atoms with Gasteiger partial charge in [-0.2, -0.15) is 0 Å². The molecule has 1 rings (SSSR count). The quantitative estimate of drug-likeness (QED) is 0.452. The zero-order valence-corrected chi connectivity index (χ0v) is 9.37. The third kappa shape index (κ3) is 5.05. The van der Waals surface area contributed by atoms with E-state index in [1.807, 2.05) is 0 Å². The van der Waals surface area contributed by atoms with E-state index in [1.165, 1.54) is 12.1 Å². The first-order valence-corrected chi connectivity index (χ1v) is 5.35. The Hall–Kier alpha value is -1.98. The van der Waals surface area contributed by atoms with Crippen LogP contribution in [0, 0.1) is 5.82 Å². The third-order valence-electron chi connectivity index (χ3n) is 2.21. The number of carbonyl (C=O) groups is 1. The highest BCUT2D eigenvalue weighted by atomic mass is 19.1. The van der Waals surface area contributed by atoms with Crippen molar-refractivity contribution in [3.63, 3.8) is 0 Å². The van der Waals surface area contributed by atoms with Gasteiger partial charge >= 0.3 is 6.09 Å². The van der Waals surface area contributed by atoms with Crippen molar-refractivity contribution >= 4 is 17.5 Å².